The SMILES string of the molecule is Cc1cnc(C(=O)Cc2ccc(C3CNC(=O)NC3)cc2C2=CCCCC2)[nH]1. The molecule has 6 nitrogen and oxygen atoms in total. The number of allylic oxidation sites excluding steroid dienone is 2. The zero-order valence-corrected chi connectivity index (χ0v) is 16.2. The van der Waals surface area contributed by atoms with E-state index in [2.05, 4.69) is 44.9 Å². The zero-order valence-electron chi connectivity index (χ0n) is 16.2. The Kier molecular flexibility index (Phi) is 5.28. The van der Waals surface area contributed by atoms with Crippen molar-refractivity contribution in [1.29, 1.82) is 0 Å². The summed E-state index contributed by atoms with van der Waals surface area (Å²) in [4.78, 5) is 31.3. The van der Waals surface area contributed by atoms with Crippen LogP contribution in [-0.2, 0) is 6.42 Å². The number of aryl methyl sites for hydroxylation is 1. The van der Waals surface area contributed by atoms with Crippen molar-refractivity contribution in [3.63, 3.8) is 0 Å². The molecule has 1 fully saturated rings. The number of urea groups is 1. The van der Waals surface area contributed by atoms with Gasteiger partial charge in [-0.15, -0.1) is 0 Å². The lowest BCUT2D eigenvalue weighted by Crippen LogP contribution is -2.47. The molecule has 2 amide bonds. The van der Waals surface area contributed by atoms with Gasteiger partial charge in [-0.1, -0.05) is 24.3 Å². The molecule has 0 saturated carbocycles. The van der Waals surface area contributed by atoms with Crippen molar-refractivity contribution in [2.75, 3.05) is 13.1 Å². The standard InChI is InChI=1S/C22H26N4O2/c1-14-11-23-21(26-14)20(27)10-17-8-7-16(18-12-24-22(28)25-13-18)9-19(17)15-5-3-2-4-6-15/h5,7-9,11,18H,2-4,6,10,12-13H2,1H3,(H,23,26)(H2,24,25,28). The van der Waals surface area contributed by atoms with Crippen LogP contribution in [-0.4, -0.2) is 34.9 Å². The topological polar surface area (TPSA) is 86.9 Å². The summed E-state index contributed by atoms with van der Waals surface area (Å²) in [6.07, 6.45) is 8.87. The van der Waals surface area contributed by atoms with Gasteiger partial charge in [0, 0.05) is 37.3 Å². The maximum absolute atomic E-state index is 12.7. The van der Waals surface area contributed by atoms with Crippen LogP contribution in [0.1, 0.15) is 64.6 Å². The highest BCUT2D eigenvalue weighted by atomic mass is 16.2. The fourth-order valence-corrected chi connectivity index (χ4v) is 4.00. The van der Waals surface area contributed by atoms with Gasteiger partial charge >= 0.3 is 6.03 Å². The molecule has 2 aliphatic rings. The third-order valence-electron chi connectivity index (χ3n) is 5.58. The molecule has 1 aromatic heterocycles. The van der Waals surface area contributed by atoms with Gasteiger partial charge in [0.05, 0.1) is 0 Å². The monoisotopic (exact) mass is 378 g/mol. The molecular formula is C22H26N4O2. The molecule has 1 aromatic carbocycles. The first kappa shape index (κ1) is 18.5. The quantitative estimate of drug-likeness (QED) is 0.696. The number of H-pyrrole nitrogens is 1. The minimum Gasteiger partial charge on any atom is -0.340 e. The number of hydrogen-bond acceptors (Lipinski definition) is 3. The molecule has 0 spiro atoms. The molecule has 1 aliphatic heterocycles. The van der Waals surface area contributed by atoms with Crippen molar-refractivity contribution < 1.29 is 9.59 Å². The van der Waals surface area contributed by atoms with E-state index in [1.54, 1.807) is 6.20 Å². The van der Waals surface area contributed by atoms with E-state index in [0.29, 0.717) is 25.3 Å². The number of Topliss-reactive ketones (excluding diaryl/α,β-unsaturated/α-hetero) is 1. The maximum atomic E-state index is 12.7. The van der Waals surface area contributed by atoms with Gasteiger partial charge in [-0.2, -0.15) is 0 Å². The number of carbonyl (C=O) groups excluding carboxylic acids is 2. The molecule has 0 unspecified atom stereocenters. The van der Waals surface area contributed by atoms with Gasteiger partial charge < -0.3 is 15.6 Å². The Morgan fingerprint density at radius 2 is 2.04 bits per heavy atom. The number of rotatable bonds is 5. The van der Waals surface area contributed by atoms with Crippen molar-refractivity contribution in [2.45, 2.75) is 44.9 Å². The highest BCUT2D eigenvalue weighted by Gasteiger charge is 2.22. The first-order valence-electron chi connectivity index (χ1n) is 9.99. The van der Waals surface area contributed by atoms with E-state index in [1.165, 1.54) is 29.5 Å². The molecular weight excluding hydrogens is 352 g/mol. The van der Waals surface area contributed by atoms with Gasteiger partial charge in [0.25, 0.3) is 0 Å². The lowest BCUT2D eigenvalue weighted by molar-refractivity contribution is 0.0983. The number of benzene rings is 1. The molecule has 6 heteroatoms. The third-order valence-corrected chi connectivity index (χ3v) is 5.58. The average Bonchev–Trinajstić information content (AvgIpc) is 3.16. The Labute approximate surface area is 164 Å². The Hall–Kier alpha value is -2.89. The number of nitrogens with one attached hydrogen (secondary N) is 3. The Morgan fingerprint density at radius 1 is 1.21 bits per heavy atom. The van der Waals surface area contributed by atoms with Gasteiger partial charge in [-0.05, 0) is 54.9 Å². The van der Waals surface area contributed by atoms with Crippen LogP contribution in [0.3, 0.4) is 0 Å². The first-order chi connectivity index (χ1) is 13.6. The lowest BCUT2D eigenvalue weighted by Gasteiger charge is -2.25. The van der Waals surface area contributed by atoms with Gasteiger partial charge in [0.1, 0.15) is 0 Å². The molecule has 1 saturated heterocycles. The number of carbonyl (C=O) groups is 2. The van der Waals surface area contributed by atoms with E-state index >= 15 is 0 Å². The Bertz CT molecular complexity index is 918. The van der Waals surface area contributed by atoms with Crippen molar-refractivity contribution in [3.05, 3.63) is 58.7 Å². The molecule has 2 aromatic rings. The summed E-state index contributed by atoms with van der Waals surface area (Å²) in [6.45, 7) is 3.16. The molecule has 3 N–H and O–H groups in total. The van der Waals surface area contributed by atoms with Gasteiger partial charge in [-0.25, -0.2) is 9.78 Å². The number of imidazole rings is 1. The predicted octanol–water partition coefficient (Wildman–Crippen LogP) is 3.50. The van der Waals surface area contributed by atoms with E-state index in [4.69, 9.17) is 0 Å². The Balaban J connectivity index is 1.64. The maximum Gasteiger partial charge on any atom is 0.314 e. The fourth-order valence-electron chi connectivity index (χ4n) is 4.00. The molecule has 1 aliphatic carbocycles. The van der Waals surface area contributed by atoms with Crippen LogP contribution in [0, 0.1) is 6.92 Å². The average molecular weight is 378 g/mol. The van der Waals surface area contributed by atoms with Crippen LogP contribution in [0.2, 0.25) is 0 Å². The number of aromatic nitrogens is 2. The molecule has 0 bridgehead atoms. The van der Waals surface area contributed by atoms with Crippen LogP contribution >= 0.6 is 0 Å². The molecule has 4 rings (SSSR count). The normalized spacial score (nSPS) is 17.6. The summed E-state index contributed by atoms with van der Waals surface area (Å²) in [7, 11) is 0. The highest BCUT2D eigenvalue weighted by Crippen LogP contribution is 2.32. The summed E-state index contributed by atoms with van der Waals surface area (Å²) in [5, 5.41) is 5.74. The van der Waals surface area contributed by atoms with Gasteiger partial charge in [0.15, 0.2) is 5.82 Å². The minimum absolute atomic E-state index is 0.00473. The minimum atomic E-state index is -0.109. The Morgan fingerprint density at radius 3 is 2.71 bits per heavy atom. The summed E-state index contributed by atoms with van der Waals surface area (Å²) >= 11 is 0. The largest absolute Gasteiger partial charge is 0.340 e. The lowest BCUT2D eigenvalue weighted by atomic mass is 9.85. The molecule has 0 radical (unpaired) electrons. The van der Waals surface area contributed by atoms with Crippen LogP contribution < -0.4 is 10.6 Å². The van der Waals surface area contributed by atoms with Crippen molar-refractivity contribution >= 4 is 17.4 Å². The second-order valence-corrected chi connectivity index (χ2v) is 7.69. The molecule has 2 heterocycles. The number of ketones is 1. The number of nitrogens with zero attached hydrogens (tertiary/aromatic N) is 1. The number of hydrogen-bond donors (Lipinski definition) is 3. The van der Waals surface area contributed by atoms with Gasteiger partial charge in [0.2, 0.25) is 5.78 Å². The third kappa shape index (κ3) is 4.01. The first-order valence-corrected chi connectivity index (χ1v) is 9.99. The van der Waals surface area contributed by atoms with Crippen molar-refractivity contribution in [2.24, 2.45) is 0 Å². The summed E-state index contributed by atoms with van der Waals surface area (Å²) in [6, 6.07) is 6.27. The zero-order chi connectivity index (χ0) is 19.5. The second kappa shape index (κ2) is 8.00. The van der Waals surface area contributed by atoms with E-state index in [-0.39, 0.29) is 17.7 Å². The molecule has 146 valence electrons. The van der Waals surface area contributed by atoms with Crippen LogP contribution in [0.25, 0.3) is 5.57 Å². The van der Waals surface area contributed by atoms with Gasteiger partial charge in [-0.3, -0.25) is 4.79 Å². The summed E-state index contributed by atoms with van der Waals surface area (Å²) in [5.74, 6) is 0.660. The van der Waals surface area contributed by atoms with Crippen LogP contribution in [0.15, 0.2) is 30.5 Å². The van der Waals surface area contributed by atoms with Crippen LogP contribution in [0.5, 0.6) is 0 Å². The van der Waals surface area contributed by atoms with E-state index < -0.39 is 0 Å². The van der Waals surface area contributed by atoms with E-state index in [1.807, 2.05) is 6.92 Å². The van der Waals surface area contributed by atoms with Crippen LogP contribution in [0.4, 0.5) is 4.79 Å². The van der Waals surface area contributed by atoms with E-state index in [9.17, 15) is 9.59 Å². The smallest absolute Gasteiger partial charge is 0.314 e. The molecule has 0 atom stereocenters. The number of amides is 2. The fraction of sp³-hybridized carbons (Fsp3) is 0.409. The van der Waals surface area contributed by atoms with Crippen molar-refractivity contribution in [3.8, 4) is 0 Å². The number of aromatic amines is 1. The molecule has 28 heavy (non-hydrogen) atoms. The summed E-state index contributed by atoms with van der Waals surface area (Å²) in [5.41, 5.74) is 5.63. The summed E-state index contributed by atoms with van der Waals surface area (Å²) < 4.78 is 0. The predicted molar refractivity (Wildman–Crippen MR) is 108 cm³/mol. The van der Waals surface area contributed by atoms with E-state index in [0.717, 1.165) is 24.1 Å². The highest BCUT2D eigenvalue weighted by molar-refractivity contribution is 5.95. The van der Waals surface area contributed by atoms with Crippen molar-refractivity contribution in [1.82, 2.24) is 20.6 Å². The second-order valence-electron chi connectivity index (χ2n) is 7.69.